The summed E-state index contributed by atoms with van der Waals surface area (Å²) < 4.78 is 1.29. The lowest BCUT2D eigenvalue weighted by Gasteiger charge is -2.61. The van der Waals surface area contributed by atoms with Crippen LogP contribution in [-0.4, -0.2) is 0 Å². The van der Waals surface area contributed by atoms with Gasteiger partial charge in [0.1, 0.15) is 0 Å². The summed E-state index contributed by atoms with van der Waals surface area (Å²) in [6, 6.07) is 16.2. The van der Waals surface area contributed by atoms with Crippen molar-refractivity contribution in [3.63, 3.8) is 0 Å². The summed E-state index contributed by atoms with van der Waals surface area (Å²) >= 11 is 3.87. The van der Waals surface area contributed by atoms with Crippen molar-refractivity contribution in [2.24, 2.45) is 23.7 Å². The third-order valence-corrected chi connectivity index (χ3v) is 8.19. The summed E-state index contributed by atoms with van der Waals surface area (Å²) in [5.74, 6) is 3.78. The van der Waals surface area contributed by atoms with E-state index in [2.05, 4.69) is 58.4 Å². The Morgan fingerprint density at radius 1 is 0.739 bits per heavy atom. The highest BCUT2D eigenvalue weighted by molar-refractivity contribution is 9.10. The van der Waals surface area contributed by atoms with Gasteiger partial charge in [0.2, 0.25) is 0 Å². The van der Waals surface area contributed by atoms with Crippen LogP contribution in [0.5, 0.6) is 0 Å². The minimum Gasteiger partial charge on any atom is -0.0619 e. The van der Waals surface area contributed by atoms with E-state index < -0.39 is 0 Å². The van der Waals surface area contributed by atoms with Gasteiger partial charge in [-0.15, -0.1) is 0 Å². The summed E-state index contributed by atoms with van der Waals surface area (Å²) in [5, 5.41) is 0. The van der Waals surface area contributed by atoms with Gasteiger partial charge < -0.3 is 0 Å². The number of rotatable bonds is 0. The average Bonchev–Trinajstić information content (AvgIpc) is 2.85. The zero-order chi connectivity index (χ0) is 15.2. The molecule has 0 saturated heterocycles. The first-order chi connectivity index (χ1) is 11.3. The number of hydrogen-bond donors (Lipinski definition) is 0. The molecule has 5 aliphatic carbocycles. The van der Waals surface area contributed by atoms with Crippen LogP contribution in [0.4, 0.5) is 0 Å². The fourth-order valence-corrected chi connectivity index (χ4v) is 7.74. The molecule has 7 rings (SSSR count). The van der Waals surface area contributed by atoms with Gasteiger partial charge in [-0.25, -0.2) is 0 Å². The summed E-state index contributed by atoms with van der Waals surface area (Å²) in [4.78, 5) is 0. The number of halogens is 1. The Bertz CT molecular complexity index is 790. The van der Waals surface area contributed by atoms with Gasteiger partial charge in [0.15, 0.2) is 0 Å². The fourth-order valence-electron chi connectivity index (χ4n) is 7.16. The Morgan fingerprint density at radius 2 is 1.39 bits per heavy atom. The first-order valence-electron chi connectivity index (χ1n) is 9.17. The van der Waals surface area contributed by atoms with Crippen LogP contribution in [0.2, 0.25) is 0 Å². The molecule has 116 valence electrons. The SMILES string of the molecule is Brc1cccc2c1-c1ccccc1C21C2CC3CC(C2)CC1C3. The maximum atomic E-state index is 3.87. The van der Waals surface area contributed by atoms with Crippen molar-refractivity contribution in [1.29, 1.82) is 0 Å². The highest BCUT2D eigenvalue weighted by atomic mass is 79.9. The van der Waals surface area contributed by atoms with E-state index in [-0.39, 0.29) is 0 Å². The molecule has 0 atom stereocenters. The van der Waals surface area contributed by atoms with Crippen molar-refractivity contribution < 1.29 is 0 Å². The molecule has 4 saturated carbocycles. The predicted molar refractivity (Wildman–Crippen MR) is 97.4 cm³/mol. The molecule has 5 aliphatic rings. The second kappa shape index (κ2) is 4.30. The largest absolute Gasteiger partial charge is 0.0619 e. The molecule has 0 heterocycles. The Labute approximate surface area is 146 Å². The number of fused-ring (bicyclic) bond motifs is 3. The Balaban J connectivity index is 1.71. The van der Waals surface area contributed by atoms with E-state index >= 15 is 0 Å². The van der Waals surface area contributed by atoms with Gasteiger partial charge in [-0.2, -0.15) is 0 Å². The minimum atomic E-state index is 0.323. The van der Waals surface area contributed by atoms with Crippen molar-refractivity contribution in [2.75, 3.05) is 0 Å². The maximum Gasteiger partial charge on any atom is 0.0272 e. The third kappa shape index (κ3) is 1.45. The van der Waals surface area contributed by atoms with E-state index in [1.54, 1.807) is 11.1 Å². The molecule has 0 unspecified atom stereocenters. The zero-order valence-corrected chi connectivity index (χ0v) is 14.9. The minimum absolute atomic E-state index is 0.323. The van der Waals surface area contributed by atoms with Gasteiger partial charge in [0.05, 0.1) is 0 Å². The lowest BCUT2D eigenvalue weighted by atomic mass is 9.43. The van der Waals surface area contributed by atoms with Gasteiger partial charge in [0.25, 0.3) is 0 Å². The van der Waals surface area contributed by atoms with E-state index in [1.807, 2.05) is 0 Å². The van der Waals surface area contributed by atoms with Crippen LogP contribution in [0.1, 0.15) is 43.2 Å². The Morgan fingerprint density at radius 3 is 2.13 bits per heavy atom. The smallest absolute Gasteiger partial charge is 0.0272 e. The molecule has 0 nitrogen and oxygen atoms in total. The molecule has 0 N–H and O–H groups in total. The van der Waals surface area contributed by atoms with Gasteiger partial charge in [-0.1, -0.05) is 52.3 Å². The van der Waals surface area contributed by atoms with E-state index in [1.165, 1.54) is 47.7 Å². The Hall–Kier alpha value is -1.08. The van der Waals surface area contributed by atoms with Crippen LogP contribution in [0.15, 0.2) is 46.9 Å². The molecule has 2 aromatic carbocycles. The molecule has 0 radical (unpaired) electrons. The summed E-state index contributed by atoms with van der Waals surface area (Å²) in [7, 11) is 0. The molecule has 0 amide bonds. The van der Waals surface area contributed by atoms with Crippen molar-refractivity contribution in [2.45, 2.75) is 37.5 Å². The molecule has 0 aromatic heterocycles. The molecule has 1 spiro atoms. The molecular weight excluding hydrogens is 344 g/mol. The average molecular weight is 365 g/mol. The molecule has 4 fully saturated rings. The molecule has 23 heavy (non-hydrogen) atoms. The molecule has 1 heteroatoms. The standard InChI is InChI=1S/C22H21Br/c23-20-7-3-6-19-21(20)17-4-1-2-5-18(17)22(19)15-9-13-8-14(11-15)12-16(22)10-13/h1-7,13-16H,8-12H2. The van der Waals surface area contributed by atoms with Crippen LogP contribution >= 0.6 is 15.9 Å². The number of hydrogen-bond acceptors (Lipinski definition) is 0. The van der Waals surface area contributed by atoms with Gasteiger partial charge in [-0.3, -0.25) is 0 Å². The van der Waals surface area contributed by atoms with Crippen LogP contribution in [0.3, 0.4) is 0 Å². The first kappa shape index (κ1) is 13.2. The monoisotopic (exact) mass is 364 g/mol. The summed E-state index contributed by atoms with van der Waals surface area (Å²) in [6.45, 7) is 0. The van der Waals surface area contributed by atoms with Crippen molar-refractivity contribution in [1.82, 2.24) is 0 Å². The zero-order valence-electron chi connectivity index (χ0n) is 13.3. The molecule has 0 aliphatic heterocycles. The van der Waals surface area contributed by atoms with E-state index in [0.717, 1.165) is 23.7 Å². The first-order valence-corrected chi connectivity index (χ1v) is 9.96. The van der Waals surface area contributed by atoms with Crippen LogP contribution in [0, 0.1) is 23.7 Å². The number of benzene rings is 2. The summed E-state index contributed by atoms with van der Waals surface area (Å²) in [6.07, 6.45) is 7.39. The van der Waals surface area contributed by atoms with Crippen molar-refractivity contribution in [3.05, 3.63) is 58.1 Å². The lowest BCUT2D eigenvalue weighted by molar-refractivity contribution is -0.0399. The Kier molecular flexibility index (Phi) is 2.48. The lowest BCUT2D eigenvalue weighted by Crippen LogP contribution is -2.55. The van der Waals surface area contributed by atoms with Gasteiger partial charge >= 0.3 is 0 Å². The van der Waals surface area contributed by atoms with Crippen LogP contribution in [0.25, 0.3) is 11.1 Å². The second-order valence-corrected chi connectivity index (χ2v) is 9.24. The molecule has 2 aromatic rings. The van der Waals surface area contributed by atoms with Gasteiger partial charge in [-0.05, 0) is 78.5 Å². The summed E-state index contributed by atoms with van der Waals surface area (Å²) in [5.41, 5.74) is 6.61. The van der Waals surface area contributed by atoms with Crippen LogP contribution < -0.4 is 0 Å². The van der Waals surface area contributed by atoms with Crippen molar-refractivity contribution >= 4 is 15.9 Å². The van der Waals surface area contributed by atoms with Crippen LogP contribution in [-0.2, 0) is 5.41 Å². The maximum absolute atomic E-state index is 3.87. The third-order valence-electron chi connectivity index (χ3n) is 7.53. The van der Waals surface area contributed by atoms with E-state index in [9.17, 15) is 0 Å². The second-order valence-electron chi connectivity index (χ2n) is 8.38. The normalized spacial score (nSPS) is 38.8. The molecular formula is C22H21Br. The molecule has 4 bridgehead atoms. The fraction of sp³-hybridized carbons (Fsp3) is 0.455. The quantitative estimate of drug-likeness (QED) is 0.524. The highest BCUT2D eigenvalue weighted by Gasteiger charge is 2.61. The topological polar surface area (TPSA) is 0 Å². The van der Waals surface area contributed by atoms with E-state index in [0.29, 0.717) is 5.41 Å². The predicted octanol–water partition coefficient (Wildman–Crippen LogP) is 6.17. The van der Waals surface area contributed by atoms with E-state index in [4.69, 9.17) is 0 Å². The van der Waals surface area contributed by atoms with Gasteiger partial charge in [0, 0.05) is 15.5 Å². The highest BCUT2D eigenvalue weighted by Crippen LogP contribution is 2.69. The van der Waals surface area contributed by atoms with Crippen molar-refractivity contribution in [3.8, 4) is 11.1 Å².